The molecule has 0 heterocycles. The Bertz CT molecular complexity index is 26.9. The summed E-state index contributed by atoms with van der Waals surface area (Å²) in [7, 11) is 1.70. The van der Waals surface area contributed by atoms with Gasteiger partial charge in [0.15, 0.2) is 0 Å². The van der Waals surface area contributed by atoms with Gasteiger partial charge in [-0.15, -0.1) is 0 Å². The third-order valence-corrected chi connectivity index (χ3v) is 0.573. The van der Waals surface area contributed by atoms with Crippen molar-refractivity contribution >= 4 is 37.2 Å². The fraction of sp³-hybridized carbons (Fsp3) is 0.800. The second-order valence-electron chi connectivity index (χ2n) is 1.15. The van der Waals surface area contributed by atoms with Gasteiger partial charge in [-0.2, -0.15) is 6.42 Å². The predicted molar refractivity (Wildman–Crippen MR) is 54.5 cm³/mol. The Morgan fingerprint density at radius 1 is 1.44 bits per heavy atom. The van der Waals surface area contributed by atoms with Gasteiger partial charge >= 0.3 is 0 Å². The van der Waals surface area contributed by atoms with E-state index in [9.17, 15) is 0 Å². The Labute approximate surface area is 106 Å². The monoisotopic (exact) mass is 430 g/mol. The van der Waals surface area contributed by atoms with Crippen molar-refractivity contribution in [2.24, 2.45) is 0 Å². The van der Waals surface area contributed by atoms with Gasteiger partial charge < -0.3 is 11.2 Å². The first-order valence-corrected chi connectivity index (χ1v) is 8.65. The van der Waals surface area contributed by atoms with Gasteiger partial charge in [0.05, 0.1) is 0 Å². The number of hydrogen-bond acceptors (Lipinski definition) is 1. The Kier molecular flexibility index (Phi) is 43.8. The van der Waals surface area contributed by atoms with Crippen LogP contribution in [0.2, 0.25) is 0 Å². The summed E-state index contributed by atoms with van der Waals surface area (Å²) in [4.78, 5) is 0. The number of hydrogen-bond donors (Lipinski definition) is 0. The van der Waals surface area contributed by atoms with E-state index in [0.717, 1.165) is 13.0 Å². The van der Waals surface area contributed by atoms with Crippen molar-refractivity contribution in [1.29, 1.82) is 0 Å². The molecule has 0 aromatic carbocycles. The molecule has 1 nitrogen and oxygen atoms in total. The number of methoxy groups -OCH3 is 1. The molecular formula is C5H11I2OY-. The van der Waals surface area contributed by atoms with Crippen LogP contribution in [0.25, 0.3) is 0 Å². The quantitative estimate of drug-likeness (QED) is 0.381. The summed E-state index contributed by atoms with van der Waals surface area (Å²) in [6, 6.07) is 0. The molecule has 0 fully saturated rings. The molecule has 0 amide bonds. The molecule has 0 rings (SSSR count). The first-order chi connectivity index (χ1) is 3.91. The summed E-state index contributed by atoms with van der Waals surface area (Å²) in [6.45, 7) is 2.88. The molecule has 55 valence electrons. The van der Waals surface area contributed by atoms with E-state index in [1.165, 1.54) is 0 Å². The van der Waals surface area contributed by atoms with Crippen LogP contribution in [0, 0.1) is 6.42 Å². The minimum atomic E-state index is 0. The number of ether oxygens (including phenoxy) is 1. The van der Waals surface area contributed by atoms with Crippen LogP contribution in [0.4, 0.5) is 0 Å². The number of halogens is 2. The molecular weight excluding hydrogens is 419 g/mol. The standard InChI is InChI=1S/C5H11O.I2.Y/c1-3-4-5-6-2;1-2;/h4H,3,5H2,1-2H3;;/q-1;;. The first kappa shape index (κ1) is 17.6. The van der Waals surface area contributed by atoms with Gasteiger partial charge in [0.25, 0.3) is 0 Å². The molecule has 9 heavy (non-hydrogen) atoms. The van der Waals surface area contributed by atoms with Gasteiger partial charge in [0.1, 0.15) is 0 Å². The summed E-state index contributed by atoms with van der Waals surface area (Å²) < 4.78 is 4.73. The molecule has 0 aromatic rings. The molecule has 0 aliphatic carbocycles. The van der Waals surface area contributed by atoms with Crippen LogP contribution in [-0.2, 0) is 37.4 Å². The normalized spacial score (nSPS) is 6.67. The van der Waals surface area contributed by atoms with Crippen molar-refractivity contribution in [2.45, 2.75) is 13.3 Å². The van der Waals surface area contributed by atoms with Gasteiger partial charge in [-0.1, -0.05) is 13.5 Å². The SMILES string of the molecule is CC[CH-]COC.II.[Y]. The van der Waals surface area contributed by atoms with Gasteiger partial charge in [0, 0.05) is 77.1 Å². The smallest absolute Gasteiger partial charge is 0.0319 e. The maximum Gasteiger partial charge on any atom is 0.0319 e. The van der Waals surface area contributed by atoms with E-state index in [-0.39, 0.29) is 32.7 Å². The van der Waals surface area contributed by atoms with E-state index in [0.29, 0.717) is 0 Å². The van der Waals surface area contributed by atoms with E-state index in [1.54, 1.807) is 7.11 Å². The van der Waals surface area contributed by atoms with Gasteiger partial charge in [0.2, 0.25) is 0 Å². The topological polar surface area (TPSA) is 9.23 Å². The van der Waals surface area contributed by atoms with Crippen LogP contribution < -0.4 is 0 Å². The Hall–Kier alpha value is 2.52. The Morgan fingerprint density at radius 2 is 1.89 bits per heavy atom. The van der Waals surface area contributed by atoms with Crippen molar-refractivity contribution in [3.05, 3.63) is 6.42 Å². The van der Waals surface area contributed by atoms with Crippen molar-refractivity contribution in [1.82, 2.24) is 0 Å². The van der Waals surface area contributed by atoms with Gasteiger partial charge in [-0.05, 0) is 0 Å². The van der Waals surface area contributed by atoms with Gasteiger partial charge in [-0.3, -0.25) is 0 Å². The third kappa shape index (κ3) is 25.1. The van der Waals surface area contributed by atoms with Crippen LogP contribution >= 0.6 is 37.2 Å². The van der Waals surface area contributed by atoms with Crippen LogP contribution in [0.3, 0.4) is 0 Å². The second-order valence-corrected chi connectivity index (χ2v) is 1.15. The van der Waals surface area contributed by atoms with E-state index in [4.69, 9.17) is 4.74 Å². The summed E-state index contributed by atoms with van der Waals surface area (Å²) in [5.41, 5.74) is 0. The van der Waals surface area contributed by atoms with Gasteiger partial charge in [-0.25, -0.2) is 0 Å². The molecule has 0 atom stereocenters. The van der Waals surface area contributed by atoms with Crippen molar-refractivity contribution in [3.63, 3.8) is 0 Å². The Morgan fingerprint density at radius 3 is 2.00 bits per heavy atom. The molecule has 0 unspecified atom stereocenters. The van der Waals surface area contributed by atoms with Crippen LogP contribution in [-0.4, -0.2) is 13.7 Å². The van der Waals surface area contributed by atoms with E-state index in [1.807, 2.05) is 0 Å². The van der Waals surface area contributed by atoms with E-state index in [2.05, 4.69) is 50.6 Å². The van der Waals surface area contributed by atoms with Crippen molar-refractivity contribution in [2.75, 3.05) is 13.7 Å². The fourth-order valence-electron chi connectivity index (χ4n) is 0.236. The molecule has 0 aliphatic rings. The zero-order valence-electron chi connectivity index (χ0n) is 5.73. The number of rotatable bonds is 3. The maximum absolute atomic E-state index is 4.73. The molecule has 0 bridgehead atoms. The number of unbranched alkanes of at least 4 members (excludes halogenated alkanes) is 1. The Balaban J connectivity index is -0.000000109. The summed E-state index contributed by atoms with van der Waals surface area (Å²) in [6.07, 6.45) is 3.19. The molecule has 0 aliphatic heterocycles. The molecule has 0 spiro atoms. The molecule has 0 saturated heterocycles. The summed E-state index contributed by atoms with van der Waals surface area (Å²) in [5.74, 6) is 0. The first-order valence-electron chi connectivity index (χ1n) is 2.36. The van der Waals surface area contributed by atoms with Crippen LogP contribution in [0.15, 0.2) is 0 Å². The van der Waals surface area contributed by atoms with Crippen LogP contribution in [0.5, 0.6) is 0 Å². The average Bonchev–Trinajstić information content (AvgIpc) is 1.88. The summed E-state index contributed by atoms with van der Waals surface area (Å²) >= 11 is 4.24. The molecule has 1 radical (unpaired) electrons. The van der Waals surface area contributed by atoms with Crippen LogP contribution in [0.1, 0.15) is 13.3 Å². The zero-order chi connectivity index (χ0) is 6.83. The van der Waals surface area contributed by atoms with E-state index >= 15 is 0 Å². The van der Waals surface area contributed by atoms with Crippen molar-refractivity contribution < 1.29 is 37.4 Å². The third-order valence-electron chi connectivity index (χ3n) is 0.573. The maximum atomic E-state index is 4.73. The fourth-order valence-corrected chi connectivity index (χ4v) is 0.236. The molecule has 0 N–H and O–H groups in total. The minimum Gasteiger partial charge on any atom is -0.416 e. The largest absolute Gasteiger partial charge is 0.416 e. The molecule has 0 aromatic heterocycles. The molecule has 4 heteroatoms. The summed E-state index contributed by atoms with van der Waals surface area (Å²) in [5, 5.41) is 0. The second kappa shape index (κ2) is 22.4. The average molecular weight is 430 g/mol. The zero-order valence-corrected chi connectivity index (χ0v) is 12.9. The van der Waals surface area contributed by atoms with E-state index < -0.39 is 0 Å². The molecule has 0 saturated carbocycles. The van der Waals surface area contributed by atoms with Crippen molar-refractivity contribution in [3.8, 4) is 0 Å². The predicted octanol–water partition coefficient (Wildman–Crippen LogP) is 3.02. The minimum absolute atomic E-state index is 0.